The Kier molecular flexibility index (Phi) is 6.42. The van der Waals surface area contributed by atoms with Gasteiger partial charge in [0.2, 0.25) is 0 Å². The molecule has 3 aromatic rings. The van der Waals surface area contributed by atoms with Crippen LogP contribution in [0.2, 0.25) is 0 Å². The molecule has 1 saturated carbocycles. The Hall–Kier alpha value is -2.27. The molecule has 2 heterocycles. The molecule has 2 amide bonds. The van der Waals surface area contributed by atoms with Crippen molar-refractivity contribution in [2.45, 2.75) is 32.9 Å². The highest BCUT2D eigenvalue weighted by atomic mass is 127. The number of fused-ring (bicyclic) bond motifs is 1. The van der Waals surface area contributed by atoms with Crippen LogP contribution in [0.25, 0.3) is 10.9 Å². The van der Waals surface area contributed by atoms with E-state index >= 15 is 0 Å². The molecule has 0 saturated heterocycles. The lowest BCUT2D eigenvalue weighted by Gasteiger charge is -2.13. The van der Waals surface area contributed by atoms with Crippen molar-refractivity contribution in [1.82, 2.24) is 19.2 Å². The number of halogens is 1. The Balaban J connectivity index is 1.75. The molecule has 9 heteroatoms. The Morgan fingerprint density at radius 3 is 2.71 bits per heavy atom. The van der Waals surface area contributed by atoms with Gasteiger partial charge in [-0.3, -0.25) is 18.4 Å². The maximum atomic E-state index is 13.1. The van der Waals surface area contributed by atoms with Gasteiger partial charge in [-0.15, -0.1) is 0 Å². The summed E-state index contributed by atoms with van der Waals surface area (Å²) in [5, 5.41) is 6.67. The van der Waals surface area contributed by atoms with E-state index in [2.05, 4.69) is 38.8 Å². The van der Waals surface area contributed by atoms with Crippen molar-refractivity contribution >= 4 is 53.0 Å². The van der Waals surface area contributed by atoms with Crippen LogP contribution >= 0.6 is 30.3 Å². The summed E-state index contributed by atoms with van der Waals surface area (Å²) in [7, 11) is 1.57. The highest BCUT2D eigenvalue weighted by Crippen LogP contribution is 2.29. The van der Waals surface area contributed by atoms with E-state index < -0.39 is 11.5 Å². The van der Waals surface area contributed by atoms with Crippen molar-refractivity contribution in [1.29, 1.82) is 0 Å². The second-order valence-electron chi connectivity index (χ2n) is 7.79. The largest absolute Gasteiger partial charge is 0.352 e. The van der Waals surface area contributed by atoms with Gasteiger partial charge < -0.3 is 15.2 Å². The molecule has 1 aromatic carbocycles. The van der Waals surface area contributed by atoms with Gasteiger partial charge in [0.15, 0.2) is 0 Å². The number of carbonyl (C=O) groups is 2. The molecule has 1 aliphatic rings. The van der Waals surface area contributed by atoms with Gasteiger partial charge in [0, 0.05) is 60.7 Å². The van der Waals surface area contributed by atoms with Gasteiger partial charge >= 0.3 is 0 Å². The van der Waals surface area contributed by atoms with Crippen molar-refractivity contribution in [2.24, 2.45) is 5.92 Å². The highest BCUT2D eigenvalue weighted by Gasteiger charge is 2.34. The molecule has 0 unspecified atom stereocenters. The standard InChI is InChI=1S/C22H23IN4O3S/c1-3-24-21(29)17-10-15(20(28)25-18-9-13(18)2)12-26(22(17)30)11-14-5-4-6-19-16(14)7-8-27(19)31-23/h4-8,10,12-13,18H,3,9,11H2,1-2H3,(H,24,29)(H,25,28)/t13-,18-/m0/s1. The zero-order valence-corrected chi connectivity index (χ0v) is 20.2. The van der Waals surface area contributed by atoms with Gasteiger partial charge in [0.25, 0.3) is 17.4 Å². The molecule has 2 N–H and O–H groups in total. The van der Waals surface area contributed by atoms with Crippen LogP contribution in [0, 0.1) is 5.92 Å². The summed E-state index contributed by atoms with van der Waals surface area (Å²) in [6, 6.07) is 9.49. The number of hydrogen-bond acceptors (Lipinski definition) is 4. The average Bonchev–Trinajstić information content (AvgIpc) is 3.27. The zero-order chi connectivity index (χ0) is 22.1. The summed E-state index contributed by atoms with van der Waals surface area (Å²) < 4.78 is 3.50. The minimum atomic E-state index is -0.471. The summed E-state index contributed by atoms with van der Waals surface area (Å²) >= 11 is 2.22. The maximum absolute atomic E-state index is 13.1. The van der Waals surface area contributed by atoms with Gasteiger partial charge in [-0.1, -0.05) is 19.1 Å². The Labute approximate surface area is 196 Å². The van der Waals surface area contributed by atoms with E-state index in [0.717, 1.165) is 22.9 Å². The van der Waals surface area contributed by atoms with Gasteiger partial charge in [-0.05, 0) is 43.0 Å². The molecule has 31 heavy (non-hydrogen) atoms. The normalized spacial score (nSPS) is 17.5. The van der Waals surface area contributed by atoms with Crippen LogP contribution in [0.15, 0.2) is 47.5 Å². The Morgan fingerprint density at radius 2 is 2.03 bits per heavy atom. The summed E-state index contributed by atoms with van der Waals surface area (Å²) in [6.07, 6.45) is 4.48. The van der Waals surface area contributed by atoms with Gasteiger partial charge in [-0.2, -0.15) is 0 Å². The SMILES string of the molecule is CCNC(=O)c1cc(C(=O)N[C@H]2C[C@@H]2C)cn(Cc2cccc3c2ccn3SI)c1=O. The molecule has 0 radical (unpaired) electrons. The summed E-state index contributed by atoms with van der Waals surface area (Å²) in [4.78, 5) is 38.4. The van der Waals surface area contributed by atoms with Gasteiger partial charge in [0.05, 0.1) is 17.6 Å². The average molecular weight is 550 g/mol. The number of rotatable bonds is 7. The first-order valence-electron chi connectivity index (χ1n) is 10.1. The molecule has 2 atom stereocenters. The fourth-order valence-electron chi connectivity index (χ4n) is 3.66. The number of nitrogens with zero attached hydrogens (tertiary/aromatic N) is 2. The lowest BCUT2D eigenvalue weighted by molar-refractivity contribution is 0.0948. The third-order valence-corrected chi connectivity index (χ3v) is 7.30. The smallest absolute Gasteiger partial charge is 0.263 e. The quantitative estimate of drug-likeness (QED) is 0.441. The lowest BCUT2D eigenvalue weighted by Crippen LogP contribution is -2.35. The third kappa shape index (κ3) is 4.52. The fourth-order valence-corrected chi connectivity index (χ4v) is 5.03. The van der Waals surface area contributed by atoms with Crippen molar-refractivity contribution in [3.63, 3.8) is 0 Å². The third-order valence-electron chi connectivity index (χ3n) is 5.56. The number of aromatic nitrogens is 2. The molecule has 4 rings (SSSR count). The molecule has 162 valence electrons. The van der Waals surface area contributed by atoms with E-state index in [0.29, 0.717) is 18.0 Å². The van der Waals surface area contributed by atoms with Crippen LogP contribution in [0.4, 0.5) is 0 Å². The lowest BCUT2D eigenvalue weighted by atomic mass is 10.1. The topological polar surface area (TPSA) is 85.1 Å². The van der Waals surface area contributed by atoms with Crippen LogP contribution in [-0.4, -0.2) is 32.9 Å². The molecular formula is C22H23IN4O3S. The first-order chi connectivity index (χ1) is 14.9. The minimum absolute atomic E-state index is 0.0223. The molecule has 1 aliphatic carbocycles. The zero-order valence-electron chi connectivity index (χ0n) is 17.2. The van der Waals surface area contributed by atoms with E-state index in [1.807, 2.05) is 34.4 Å². The second kappa shape index (κ2) is 9.07. The van der Waals surface area contributed by atoms with Crippen LogP contribution in [0.1, 0.15) is 46.5 Å². The van der Waals surface area contributed by atoms with Crippen LogP contribution in [0.5, 0.6) is 0 Å². The number of nitrogens with one attached hydrogen (secondary N) is 2. The van der Waals surface area contributed by atoms with Gasteiger partial charge in [0.1, 0.15) is 5.56 Å². The Morgan fingerprint density at radius 1 is 1.26 bits per heavy atom. The van der Waals surface area contributed by atoms with E-state index in [9.17, 15) is 14.4 Å². The van der Waals surface area contributed by atoms with E-state index in [4.69, 9.17) is 0 Å². The summed E-state index contributed by atoms with van der Waals surface area (Å²) in [5.74, 6) is -0.282. The fraction of sp³-hybridized carbons (Fsp3) is 0.318. The van der Waals surface area contributed by atoms with Crippen molar-refractivity contribution in [2.75, 3.05) is 6.54 Å². The molecule has 2 aromatic heterocycles. The molecule has 7 nitrogen and oxygen atoms in total. The predicted octanol–water partition coefficient (Wildman–Crippen LogP) is 3.59. The molecule has 1 fully saturated rings. The predicted molar refractivity (Wildman–Crippen MR) is 132 cm³/mol. The molecule has 0 aliphatic heterocycles. The highest BCUT2D eigenvalue weighted by molar-refractivity contribution is 14.2. The van der Waals surface area contributed by atoms with E-state index in [1.54, 1.807) is 22.2 Å². The summed E-state index contributed by atoms with van der Waals surface area (Å²) in [5.41, 5.74) is 1.87. The number of amides is 2. The number of carbonyl (C=O) groups excluding carboxylic acids is 2. The van der Waals surface area contributed by atoms with Crippen LogP contribution in [0.3, 0.4) is 0 Å². The van der Waals surface area contributed by atoms with Gasteiger partial charge in [-0.25, -0.2) is 0 Å². The molecular weight excluding hydrogens is 527 g/mol. The summed E-state index contributed by atoms with van der Waals surface area (Å²) in [6.45, 7) is 4.53. The number of hydrogen-bond donors (Lipinski definition) is 2. The van der Waals surface area contributed by atoms with Crippen LogP contribution in [-0.2, 0) is 6.54 Å². The van der Waals surface area contributed by atoms with Crippen LogP contribution < -0.4 is 16.2 Å². The first-order valence-corrected chi connectivity index (χ1v) is 13.5. The molecule has 0 bridgehead atoms. The minimum Gasteiger partial charge on any atom is -0.352 e. The first kappa shape index (κ1) is 21.9. The van der Waals surface area contributed by atoms with Crippen molar-refractivity contribution in [3.05, 3.63) is 69.8 Å². The second-order valence-corrected chi connectivity index (χ2v) is 9.50. The van der Waals surface area contributed by atoms with Crippen molar-refractivity contribution < 1.29 is 9.59 Å². The monoisotopic (exact) mass is 550 g/mol. The maximum Gasteiger partial charge on any atom is 0.263 e. The number of pyridine rings is 1. The number of benzene rings is 1. The molecule has 0 spiro atoms. The van der Waals surface area contributed by atoms with Crippen molar-refractivity contribution in [3.8, 4) is 0 Å². The Bertz CT molecular complexity index is 1220. The van der Waals surface area contributed by atoms with E-state index in [-0.39, 0.29) is 24.1 Å². The van der Waals surface area contributed by atoms with E-state index in [1.165, 1.54) is 10.6 Å².